The number of rotatable bonds is 4. The number of hydrogen-bond donors (Lipinski definition) is 1. The molecule has 0 aliphatic carbocycles. The number of nitrogens with one attached hydrogen (secondary N) is 1. The van der Waals surface area contributed by atoms with Crippen LogP contribution in [0.2, 0.25) is 0 Å². The lowest BCUT2D eigenvalue weighted by Crippen LogP contribution is -2.33. The van der Waals surface area contributed by atoms with E-state index in [9.17, 15) is 0 Å². The number of ether oxygens (including phenoxy) is 1. The molecule has 0 saturated carbocycles. The molecule has 0 spiro atoms. The molecule has 16 heavy (non-hydrogen) atoms. The quantitative estimate of drug-likeness (QED) is 0.845. The van der Waals surface area contributed by atoms with Crippen LogP contribution < -0.4 is 5.32 Å². The van der Waals surface area contributed by atoms with Crippen LogP contribution in [0.1, 0.15) is 37.8 Å². The molecule has 1 aromatic rings. The Kier molecular flexibility index (Phi) is 4.31. The van der Waals surface area contributed by atoms with Gasteiger partial charge in [0.05, 0.1) is 6.10 Å². The summed E-state index contributed by atoms with van der Waals surface area (Å²) in [7, 11) is 0. The normalized spacial score (nSPS) is 22.9. The van der Waals surface area contributed by atoms with Gasteiger partial charge in [-0.1, -0.05) is 6.07 Å². The molecule has 1 saturated heterocycles. The molecule has 0 aromatic carbocycles. The lowest BCUT2D eigenvalue weighted by Gasteiger charge is -2.24. The lowest BCUT2D eigenvalue weighted by molar-refractivity contribution is 0.0156. The van der Waals surface area contributed by atoms with Crippen molar-refractivity contribution in [3.05, 3.63) is 30.1 Å². The van der Waals surface area contributed by atoms with E-state index in [1.807, 2.05) is 12.3 Å². The molecule has 3 heteroatoms. The van der Waals surface area contributed by atoms with Crippen LogP contribution in [-0.2, 0) is 4.74 Å². The Hall–Kier alpha value is -0.930. The van der Waals surface area contributed by atoms with E-state index in [1.165, 1.54) is 24.8 Å². The van der Waals surface area contributed by atoms with Crippen molar-refractivity contribution in [1.82, 2.24) is 10.3 Å². The Balaban J connectivity index is 1.77. The number of nitrogens with zero attached hydrogens (tertiary/aromatic N) is 1. The fraction of sp³-hybridized carbons (Fsp3) is 0.615. The third-order valence-corrected chi connectivity index (χ3v) is 3.11. The summed E-state index contributed by atoms with van der Waals surface area (Å²) in [4.78, 5) is 4.13. The SMILES string of the molecule is C[C@@H](NCC1CCCCO1)c1cccnc1. The average Bonchev–Trinajstić information content (AvgIpc) is 2.38. The second-order valence-electron chi connectivity index (χ2n) is 4.40. The smallest absolute Gasteiger partial charge is 0.0699 e. The number of pyridine rings is 1. The van der Waals surface area contributed by atoms with E-state index in [2.05, 4.69) is 23.3 Å². The molecule has 1 N–H and O–H groups in total. The molecular formula is C13H20N2O. The molecule has 1 aliphatic heterocycles. The summed E-state index contributed by atoms with van der Waals surface area (Å²) < 4.78 is 5.69. The fourth-order valence-corrected chi connectivity index (χ4v) is 2.03. The van der Waals surface area contributed by atoms with Gasteiger partial charge in [-0.05, 0) is 37.8 Å². The van der Waals surface area contributed by atoms with E-state index >= 15 is 0 Å². The Morgan fingerprint density at radius 2 is 2.50 bits per heavy atom. The van der Waals surface area contributed by atoms with Crippen LogP contribution in [0.5, 0.6) is 0 Å². The van der Waals surface area contributed by atoms with Crippen molar-refractivity contribution in [2.75, 3.05) is 13.2 Å². The van der Waals surface area contributed by atoms with E-state index in [4.69, 9.17) is 4.74 Å². The van der Waals surface area contributed by atoms with E-state index in [1.54, 1.807) is 6.20 Å². The van der Waals surface area contributed by atoms with Gasteiger partial charge in [0.2, 0.25) is 0 Å². The van der Waals surface area contributed by atoms with E-state index < -0.39 is 0 Å². The van der Waals surface area contributed by atoms with E-state index in [-0.39, 0.29) is 0 Å². The van der Waals surface area contributed by atoms with Crippen molar-refractivity contribution in [2.45, 2.75) is 38.3 Å². The van der Waals surface area contributed by atoms with E-state index in [0.717, 1.165) is 13.2 Å². The summed E-state index contributed by atoms with van der Waals surface area (Å²) in [6.45, 7) is 4.03. The minimum absolute atomic E-state index is 0.347. The van der Waals surface area contributed by atoms with Crippen LogP contribution in [0.15, 0.2) is 24.5 Å². The monoisotopic (exact) mass is 220 g/mol. The molecule has 2 atom stereocenters. The van der Waals surface area contributed by atoms with Crippen LogP contribution in [0, 0.1) is 0 Å². The minimum Gasteiger partial charge on any atom is -0.377 e. The predicted molar refractivity (Wildman–Crippen MR) is 64.2 cm³/mol. The summed E-state index contributed by atoms with van der Waals surface area (Å²) in [5.74, 6) is 0. The Morgan fingerprint density at radius 1 is 1.56 bits per heavy atom. The van der Waals surface area contributed by atoms with Crippen LogP contribution in [-0.4, -0.2) is 24.2 Å². The molecule has 3 nitrogen and oxygen atoms in total. The molecule has 0 amide bonds. The zero-order chi connectivity index (χ0) is 11.2. The summed E-state index contributed by atoms with van der Waals surface area (Å²) in [5.41, 5.74) is 1.23. The van der Waals surface area contributed by atoms with Crippen molar-refractivity contribution >= 4 is 0 Å². The van der Waals surface area contributed by atoms with Crippen LogP contribution in [0.4, 0.5) is 0 Å². The summed E-state index contributed by atoms with van der Waals surface area (Å²) >= 11 is 0. The zero-order valence-corrected chi connectivity index (χ0v) is 9.86. The maximum Gasteiger partial charge on any atom is 0.0699 e. The van der Waals surface area contributed by atoms with Gasteiger partial charge in [0.15, 0.2) is 0 Å². The van der Waals surface area contributed by atoms with Crippen molar-refractivity contribution in [3.8, 4) is 0 Å². The highest BCUT2D eigenvalue weighted by atomic mass is 16.5. The van der Waals surface area contributed by atoms with Gasteiger partial charge in [-0.15, -0.1) is 0 Å². The molecule has 1 aromatic heterocycles. The van der Waals surface area contributed by atoms with Gasteiger partial charge in [-0.3, -0.25) is 4.98 Å². The van der Waals surface area contributed by atoms with Crippen molar-refractivity contribution < 1.29 is 4.74 Å². The summed E-state index contributed by atoms with van der Waals surface area (Å²) in [6.07, 6.45) is 7.82. The number of aromatic nitrogens is 1. The number of hydrogen-bond acceptors (Lipinski definition) is 3. The third-order valence-electron chi connectivity index (χ3n) is 3.11. The Labute approximate surface area is 97.2 Å². The first-order valence-electron chi connectivity index (χ1n) is 6.11. The summed E-state index contributed by atoms with van der Waals surface area (Å²) in [5, 5.41) is 3.50. The highest BCUT2D eigenvalue weighted by molar-refractivity contribution is 5.12. The lowest BCUT2D eigenvalue weighted by atomic mass is 10.1. The molecule has 1 aliphatic rings. The highest BCUT2D eigenvalue weighted by Crippen LogP contribution is 2.14. The third kappa shape index (κ3) is 3.29. The van der Waals surface area contributed by atoms with Gasteiger partial charge in [-0.2, -0.15) is 0 Å². The molecule has 2 rings (SSSR count). The van der Waals surface area contributed by atoms with Crippen molar-refractivity contribution in [1.29, 1.82) is 0 Å². The van der Waals surface area contributed by atoms with Gasteiger partial charge in [0, 0.05) is 31.6 Å². The maximum atomic E-state index is 5.69. The van der Waals surface area contributed by atoms with Gasteiger partial charge in [0.1, 0.15) is 0 Å². The largest absolute Gasteiger partial charge is 0.377 e. The second kappa shape index (κ2) is 5.97. The molecule has 0 radical (unpaired) electrons. The van der Waals surface area contributed by atoms with E-state index in [0.29, 0.717) is 12.1 Å². The molecular weight excluding hydrogens is 200 g/mol. The second-order valence-corrected chi connectivity index (χ2v) is 4.40. The molecule has 1 unspecified atom stereocenters. The van der Waals surface area contributed by atoms with Crippen molar-refractivity contribution in [2.24, 2.45) is 0 Å². The van der Waals surface area contributed by atoms with Gasteiger partial charge >= 0.3 is 0 Å². The highest BCUT2D eigenvalue weighted by Gasteiger charge is 2.14. The zero-order valence-electron chi connectivity index (χ0n) is 9.86. The molecule has 1 fully saturated rings. The minimum atomic E-state index is 0.347. The van der Waals surface area contributed by atoms with Crippen LogP contribution in [0.25, 0.3) is 0 Å². The first-order valence-corrected chi connectivity index (χ1v) is 6.11. The standard InChI is InChI=1S/C13H20N2O/c1-11(12-5-4-7-14-9-12)15-10-13-6-2-3-8-16-13/h4-5,7,9,11,13,15H,2-3,6,8,10H2,1H3/t11-,13?/m1/s1. The molecule has 88 valence electrons. The van der Waals surface area contributed by atoms with Gasteiger partial charge in [0.25, 0.3) is 0 Å². The Morgan fingerprint density at radius 3 is 3.19 bits per heavy atom. The maximum absolute atomic E-state index is 5.69. The Bertz CT molecular complexity index is 296. The van der Waals surface area contributed by atoms with Crippen LogP contribution in [0.3, 0.4) is 0 Å². The average molecular weight is 220 g/mol. The topological polar surface area (TPSA) is 34.1 Å². The van der Waals surface area contributed by atoms with Gasteiger partial charge < -0.3 is 10.1 Å². The fourth-order valence-electron chi connectivity index (χ4n) is 2.03. The van der Waals surface area contributed by atoms with Crippen LogP contribution >= 0.6 is 0 Å². The molecule has 0 bridgehead atoms. The first-order chi connectivity index (χ1) is 7.86. The summed E-state index contributed by atoms with van der Waals surface area (Å²) in [6, 6.07) is 4.43. The molecule has 2 heterocycles. The predicted octanol–water partition coefficient (Wildman–Crippen LogP) is 2.30. The van der Waals surface area contributed by atoms with Gasteiger partial charge in [-0.25, -0.2) is 0 Å². The first kappa shape index (κ1) is 11.6. The van der Waals surface area contributed by atoms with Crippen molar-refractivity contribution in [3.63, 3.8) is 0 Å².